The van der Waals surface area contributed by atoms with E-state index in [4.69, 9.17) is 4.74 Å². The fourth-order valence-electron chi connectivity index (χ4n) is 3.37. The van der Waals surface area contributed by atoms with Crippen molar-refractivity contribution in [2.24, 2.45) is 0 Å². The SMILES string of the molecule is COc1ccc2c(c1)C1C(=O)CCN(C)C1CC2. The van der Waals surface area contributed by atoms with Crippen LogP contribution in [0, 0.1) is 0 Å². The van der Waals surface area contributed by atoms with Crippen LogP contribution < -0.4 is 4.74 Å². The number of likely N-dealkylation sites (N-methyl/N-ethyl adjacent to an activating group) is 1. The van der Waals surface area contributed by atoms with Crippen molar-refractivity contribution >= 4 is 5.78 Å². The molecule has 3 heteroatoms. The van der Waals surface area contributed by atoms with Gasteiger partial charge in [-0.25, -0.2) is 0 Å². The zero-order chi connectivity index (χ0) is 12.7. The lowest BCUT2D eigenvalue weighted by atomic mass is 9.74. The van der Waals surface area contributed by atoms with Gasteiger partial charge in [-0.1, -0.05) is 6.07 Å². The molecular formula is C15H19NO2. The molecule has 3 rings (SSSR count). The van der Waals surface area contributed by atoms with Gasteiger partial charge in [-0.2, -0.15) is 0 Å². The van der Waals surface area contributed by atoms with E-state index in [9.17, 15) is 4.79 Å². The van der Waals surface area contributed by atoms with Gasteiger partial charge >= 0.3 is 0 Å². The van der Waals surface area contributed by atoms with Gasteiger partial charge in [-0.3, -0.25) is 4.79 Å². The number of Topliss-reactive ketones (excluding diaryl/α,β-unsaturated/α-hetero) is 1. The Morgan fingerprint density at radius 1 is 1.33 bits per heavy atom. The normalized spacial score (nSPS) is 27.6. The summed E-state index contributed by atoms with van der Waals surface area (Å²) >= 11 is 0. The smallest absolute Gasteiger partial charge is 0.143 e. The fourth-order valence-corrected chi connectivity index (χ4v) is 3.37. The van der Waals surface area contributed by atoms with Gasteiger partial charge in [0.1, 0.15) is 11.5 Å². The molecule has 3 nitrogen and oxygen atoms in total. The number of hydrogen-bond acceptors (Lipinski definition) is 3. The highest BCUT2D eigenvalue weighted by Crippen LogP contribution is 2.39. The summed E-state index contributed by atoms with van der Waals surface area (Å²) < 4.78 is 5.30. The number of ether oxygens (including phenoxy) is 1. The summed E-state index contributed by atoms with van der Waals surface area (Å²) in [5, 5.41) is 0. The van der Waals surface area contributed by atoms with Gasteiger partial charge in [0.05, 0.1) is 13.0 Å². The third-order valence-corrected chi connectivity index (χ3v) is 4.41. The monoisotopic (exact) mass is 245 g/mol. The first-order valence-electron chi connectivity index (χ1n) is 6.60. The van der Waals surface area contributed by atoms with Crippen LogP contribution in [0.3, 0.4) is 0 Å². The number of carbonyl (C=O) groups excluding carboxylic acids is 1. The number of carbonyl (C=O) groups is 1. The number of piperidine rings is 1. The number of rotatable bonds is 1. The van der Waals surface area contributed by atoms with Gasteiger partial charge in [-0.05, 0) is 43.1 Å². The largest absolute Gasteiger partial charge is 0.497 e. The van der Waals surface area contributed by atoms with Crippen molar-refractivity contribution in [2.45, 2.75) is 31.2 Å². The number of likely N-dealkylation sites (tertiary alicyclic amines) is 1. The molecule has 0 radical (unpaired) electrons. The van der Waals surface area contributed by atoms with Crippen LogP contribution in [-0.2, 0) is 11.2 Å². The van der Waals surface area contributed by atoms with Gasteiger partial charge < -0.3 is 9.64 Å². The van der Waals surface area contributed by atoms with Crippen LogP contribution in [0.5, 0.6) is 5.75 Å². The minimum Gasteiger partial charge on any atom is -0.497 e. The van der Waals surface area contributed by atoms with Crippen molar-refractivity contribution in [3.05, 3.63) is 29.3 Å². The molecule has 1 heterocycles. The van der Waals surface area contributed by atoms with Gasteiger partial charge in [0.2, 0.25) is 0 Å². The molecule has 0 bridgehead atoms. The van der Waals surface area contributed by atoms with E-state index in [0.717, 1.165) is 25.1 Å². The van der Waals surface area contributed by atoms with E-state index in [1.807, 2.05) is 6.07 Å². The molecule has 2 atom stereocenters. The molecule has 2 unspecified atom stereocenters. The van der Waals surface area contributed by atoms with Crippen molar-refractivity contribution in [1.82, 2.24) is 4.90 Å². The summed E-state index contributed by atoms with van der Waals surface area (Å²) in [7, 11) is 3.81. The summed E-state index contributed by atoms with van der Waals surface area (Å²) in [6, 6.07) is 6.55. The Balaban J connectivity index is 2.06. The highest BCUT2D eigenvalue weighted by Gasteiger charge is 2.39. The highest BCUT2D eigenvalue weighted by molar-refractivity contribution is 5.88. The first-order valence-corrected chi connectivity index (χ1v) is 6.60. The highest BCUT2D eigenvalue weighted by atomic mass is 16.5. The molecule has 1 aliphatic heterocycles. The molecule has 0 spiro atoms. The molecule has 1 saturated heterocycles. The number of hydrogen-bond donors (Lipinski definition) is 0. The lowest BCUT2D eigenvalue weighted by molar-refractivity contribution is -0.125. The minimum absolute atomic E-state index is 0.0580. The average Bonchev–Trinajstić information content (AvgIpc) is 2.41. The van der Waals surface area contributed by atoms with Crippen molar-refractivity contribution < 1.29 is 9.53 Å². The average molecular weight is 245 g/mol. The lowest BCUT2D eigenvalue weighted by Gasteiger charge is -2.42. The number of nitrogens with zero attached hydrogens (tertiary/aromatic N) is 1. The Morgan fingerprint density at radius 2 is 2.17 bits per heavy atom. The van der Waals surface area contributed by atoms with E-state index in [2.05, 4.69) is 24.1 Å². The molecule has 18 heavy (non-hydrogen) atoms. The Bertz CT molecular complexity index is 483. The van der Waals surface area contributed by atoms with Gasteiger partial charge in [0.15, 0.2) is 0 Å². The maximum Gasteiger partial charge on any atom is 0.143 e. The van der Waals surface area contributed by atoms with E-state index in [1.54, 1.807) is 7.11 Å². The zero-order valence-corrected chi connectivity index (χ0v) is 11.0. The molecule has 0 aromatic heterocycles. The third-order valence-electron chi connectivity index (χ3n) is 4.41. The van der Waals surface area contributed by atoms with Crippen LogP contribution in [0.1, 0.15) is 29.9 Å². The maximum absolute atomic E-state index is 12.3. The molecule has 0 amide bonds. The van der Waals surface area contributed by atoms with E-state index in [1.165, 1.54) is 11.1 Å². The second-order valence-corrected chi connectivity index (χ2v) is 5.35. The van der Waals surface area contributed by atoms with Crippen molar-refractivity contribution in [2.75, 3.05) is 20.7 Å². The van der Waals surface area contributed by atoms with Crippen LogP contribution in [-0.4, -0.2) is 37.4 Å². The number of fused-ring (bicyclic) bond motifs is 3. The Hall–Kier alpha value is -1.35. The Labute approximate surface area is 108 Å². The topological polar surface area (TPSA) is 29.5 Å². The summed E-state index contributed by atoms with van der Waals surface area (Å²) in [5.74, 6) is 1.31. The van der Waals surface area contributed by atoms with Gasteiger partial charge in [0, 0.05) is 19.0 Å². The fraction of sp³-hybridized carbons (Fsp3) is 0.533. The number of ketones is 1. The number of aryl methyl sites for hydroxylation is 1. The predicted molar refractivity (Wildman–Crippen MR) is 70.1 cm³/mol. The Morgan fingerprint density at radius 3 is 2.94 bits per heavy atom. The van der Waals surface area contributed by atoms with E-state index in [0.29, 0.717) is 18.2 Å². The second-order valence-electron chi connectivity index (χ2n) is 5.35. The van der Waals surface area contributed by atoms with Crippen LogP contribution >= 0.6 is 0 Å². The second kappa shape index (κ2) is 4.39. The predicted octanol–water partition coefficient (Wildman–Crippen LogP) is 2.00. The van der Waals surface area contributed by atoms with E-state index >= 15 is 0 Å². The Kier molecular flexibility index (Phi) is 2.86. The van der Waals surface area contributed by atoms with Gasteiger partial charge in [-0.15, -0.1) is 0 Å². The van der Waals surface area contributed by atoms with Crippen molar-refractivity contribution in [3.63, 3.8) is 0 Å². The molecular weight excluding hydrogens is 226 g/mol. The summed E-state index contributed by atoms with van der Waals surface area (Å²) in [5.41, 5.74) is 2.52. The first kappa shape index (κ1) is 11.7. The van der Waals surface area contributed by atoms with Crippen LogP contribution in [0.4, 0.5) is 0 Å². The first-order chi connectivity index (χ1) is 8.70. The van der Waals surface area contributed by atoms with Gasteiger partial charge in [0.25, 0.3) is 0 Å². The zero-order valence-electron chi connectivity index (χ0n) is 11.0. The lowest BCUT2D eigenvalue weighted by Crippen LogP contribution is -2.48. The standard InChI is InChI=1S/C15H19NO2/c1-16-8-7-14(17)15-12-9-11(18-2)5-3-10(12)4-6-13(15)16/h3,5,9,13,15H,4,6-8H2,1-2H3. The molecule has 1 aromatic carbocycles. The quantitative estimate of drug-likeness (QED) is 0.758. The number of methoxy groups -OCH3 is 1. The molecule has 1 aliphatic carbocycles. The molecule has 1 aromatic rings. The van der Waals surface area contributed by atoms with Crippen molar-refractivity contribution in [1.29, 1.82) is 0 Å². The maximum atomic E-state index is 12.3. The minimum atomic E-state index is 0.0580. The van der Waals surface area contributed by atoms with Crippen LogP contribution in [0.2, 0.25) is 0 Å². The molecule has 1 fully saturated rings. The summed E-state index contributed by atoms with van der Waals surface area (Å²) in [6.45, 7) is 0.902. The molecule has 0 N–H and O–H groups in total. The summed E-state index contributed by atoms with van der Waals surface area (Å²) in [4.78, 5) is 14.6. The van der Waals surface area contributed by atoms with Crippen LogP contribution in [0.25, 0.3) is 0 Å². The summed E-state index contributed by atoms with van der Waals surface area (Å²) in [6.07, 6.45) is 2.83. The number of benzene rings is 1. The third kappa shape index (κ3) is 1.74. The molecule has 2 aliphatic rings. The van der Waals surface area contributed by atoms with Crippen LogP contribution in [0.15, 0.2) is 18.2 Å². The van der Waals surface area contributed by atoms with E-state index < -0.39 is 0 Å². The van der Waals surface area contributed by atoms with Crippen molar-refractivity contribution in [3.8, 4) is 5.75 Å². The molecule has 0 saturated carbocycles. The molecule has 96 valence electrons. The van der Waals surface area contributed by atoms with E-state index in [-0.39, 0.29) is 5.92 Å².